The van der Waals surface area contributed by atoms with Crippen LogP contribution >= 0.6 is 34.0 Å². The van der Waals surface area contributed by atoms with Crippen LogP contribution in [0, 0.1) is 5.41 Å². The standard InChI is InChI=1S/C8H21N5.2BrH/c1-8(2,6-13(3)4)5-11-12-7(9)10;;/h11H,5-6H2,1-4H3,(H4,9,10,12);2*1H. The molecule has 0 aromatic carbocycles. The minimum absolute atomic E-state index is 0. The van der Waals surface area contributed by atoms with Gasteiger partial charge in [-0.1, -0.05) is 13.8 Å². The molecule has 0 unspecified atom stereocenters. The predicted octanol–water partition coefficient (Wildman–Crippen LogP) is 0.508. The highest BCUT2D eigenvalue weighted by atomic mass is 79.9. The minimum atomic E-state index is 0. The fraction of sp³-hybridized carbons (Fsp3) is 0.875. The lowest BCUT2D eigenvalue weighted by Gasteiger charge is -2.27. The lowest BCUT2D eigenvalue weighted by atomic mass is 9.93. The molecule has 0 spiro atoms. The second-order valence-electron chi connectivity index (χ2n) is 4.27. The van der Waals surface area contributed by atoms with Crippen molar-refractivity contribution in [3.8, 4) is 0 Å². The number of hydrazone groups is 1. The van der Waals surface area contributed by atoms with E-state index in [0.717, 1.165) is 13.1 Å². The van der Waals surface area contributed by atoms with Gasteiger partial charge in [0, 0.05) is 13.1 Å². The fourth-order valence-electron chi connectivity index (χ4n) is 1.26. The molecule has 15 heavy (non-hydrogen) atoms. The van der Waals surface area contributed by atoms with Crippen LogP contribution in [-0.2, 0) is 0 Å². The second kappa shape index (κ2) is 9.23. The zero-order chi connectivity index (χ0) is 10.5. The van der Waals surface area contributed by atoms with Gasteiger partial charge in [-0.15, -0.1) is 39.1 Å². The van der Waals surface area contributed by atoms with E-state index in [-0.39, 0.29) is 45.3 Å². The summed E-state index contributed by atoms with van der Waals surface area (Å²) in [5.74, 6) is 0.0700. The first kappa shape index (κ1) is 20.4. The number of hydrogen-bond donors (Lipinski definition) is 3. The molecular formula is C8H23Br2N5. The Kier molecular flexibility index (Phi) is 12.6. The highest BCUT2D eigenvalue weighted by molar-refractivity contribution is 8.93. The van der Waals surface area contributed by atoms with Gasteiger partial charge in [-0.3, -0.25) is 0 Å². The predicted molar refractivity (Wildman–Crippen MR) is 76.8 cm³/mol. The van der Waals surface area contributed by atoms with Gasteiger partial charge in [0.2, 0.25) is 5.96 Å². The summed E-state index contributed by atoms with van der Waals surface area (Å²) in [6.45, 7) is 6.05. The highest BCUT2D eigenvalue weighted by Crippen LogP contribution is 2.13. The monoisotopic (exact) mass is 347 g/mol. The summed E-state index contributed by atoms with van der Waals surface area (Å²) in [7, 11) is 4.09. The molecule has 0 radical (unpaired) electrons. The van der Waals surface area contributed by atoms with Crippen LogP contribution in [0.5, 0.6) is 0 Å². The third kappa shape index (κ3) is 14.0. The summed E-state index contributed by atoms with van der Waals surface area (Å²) >= 11 is 0. The number of nitrogens with one attached hydrogen (secondary N) is 1. The summed E-state index contributed by atoms with van der Waals surface area (Å²) in [6, 6.07) is 0. The molecule has 0 saturated heterocycles. The summed E-state index contributed by atoms with van der Waals surface area (Å²) in [5.41, 5.74) is 13.4. The molecule has 0 saturated carbocycles. The molecule has 5 nitrogen and oxygen atoms in total. The van der Waals surface area contributed by atoms with E-state index in [0.29, 0.717) is 0 Å². The molecule has 0 atom stereocenters. The molecule has 0 rings (SSSR count). The van der Waals surface area contributed by atoms with Gasteiger partial charge in [0.15, 0.2) is 0 Å². The zero-order valence-corrected chi connectivity index (χ0v) is 13.2. The summed E-state index contributed by atoms with van der Waals surface area (Å²) in [6.07, 6.45) is 0. The van der Waals surface area contributed by atoms with Crippen LogP contribution in [0.3, 0.4) is 0 Å². The SMILES string of the molecule is Br.Br.CN(C)CC(C)(C)CNN=C(N)N. The van der Waals surface area contributed by atoms with Gasteiger partial charge in [-0.05, 0) is 19.5 Å². The van der Waals surface area contributed by atoms with Crippen molar-refractivity contribution >= 4 is 39.9 Å². The van der Waals surface area contributed by atoms with Crippen molar-refractivity contribution in [3.05, 3.63) is 0 Å². The fourth-order valence-corrected chi connectivity index (χ4v) is 1.26. The molecule has 0 aromatic rings. The molecule has 0 aromatic heterocycles. The van der Waals surface area contributed by atoms with E-state index >= 15 is 0 Å². The van der Waals surface area contributed by atoms with Crippen LogP contribution in [0.4, 0.5) is 0 Å². The normalized spacial score (nSPS) is 9.93. The first-order valence-electron chi connectivity index (χ1n) is 4.30. The van der Waals surface area contributed by atoms with Gasteiger partial charge in [-0.25, -0.2) is 0 Å². The molecule has 0 aliphatic heterocycles. The van der Waals surface area contributed by atoms with Gasteiger partial charge >= 0.3 is 0 Å². The van der Waals surface area contributed by atoms with Crippen molar-refractivity contribution in [1.82, 2.24) is 10.3 Å². The maximum atomic E-state index is 5.18. The third-order valence-corrected chi connectivity index (χ3v) is 1.51. The molecule has 0 aliphatic carbocycles. The Labute approximate surface area is 113 Å². The van der Waals surface area contributed by atoms with E-state index in [1.54, 1.807) is 0 Å². The van der Waals surface area contributed by atoms with E-state index in [1.165, 1.54) is 0 Å². The Balaban J connectivity index is -0.000000720. The lowest BCUT2D eigenvalue weighted by molar-refractivity contribution is 0.234. The average Bonchev–Trinajstić information content (AvgIpc) is 1.81. The number of rotatable bonds is 5. The highest BCUT2D eigenvalue weighted by Gasteiger charge is 2.17. The molecule has 0 aliphatic rings. The average molecular weight is 349 g/mol. The van der Waals surface area contributed by atoms with Gasteiger partial charge in [0.25, 0.3) is 0 Å². The smallest absolute Gasteiger partial charge is 0.208 e. The van der Waals surface area contributed by atoms with Crippen molar-refractivity contribution < 1.29 is 0 Å². The molecule has 7 heteroatoms. The van der Waals surface area contributed by atoms with E-state index in [4.69, 9.17) is 11.5 Å². The van der Waals surface area contributed by atoms with E-state index in [1.807, 2.05) is 14.1 Å². The number of nitrogens with two attached hydrogens (primary N) is 2. The van der Waals surface area contributed by atoms with Crippen molar-refractivity contribution in [3.63, 3.8) is 0 Å². The Bertz CT molecular complexity index is 178. The van der Waals surface area contributed by atoms with Gasteiger partial charge in [0.05, 0.1) is 0 Å². The molecule has 0 bridgehead atoms. The van der Waals surface area contributed by atoms with Crippen molar-refractivity contribution in [1.29, 1.82) is 0 Å². The summed E-state index contributed by atoms with van der Waals surface area (Å²) < 4.78 is 0. The van der Waals surface area contributed by atoms with E-state index in [9.17, 15) is 0 Å². The van der Waals surface area contributed by atoms with Crippen LogP contribution in [0.25, 0.3) is 0 Å². The van der Waals surface area contributed by atoms with Gasteiger partial charge in [-0.2, -0.15) is 0 Å². The maximum Gasteiger partial charge on any atom is 0.208 e. The zero-order valence-electron chi connectivity index (χ0n) is 9.78. The molecular weight excluding hydrogens is 326 g/mol. The minimum Gasteiger partial charge on any atom is -0.369 e. The van der Waals surface area contributed by atoms with Crippen molar-refractivity contribution in [2.24, 2.45) is 22.0 Å². The van der Waals surface area contributed by atoms with E-state index in [2.05, 4.69) is 29.3 Å². The van der Waals surface area contributed by atoms with Gasteiger partial charge in [0.1, 0.15) is 0 Å². The Morgan fingerprint density at radius 1 is 1.27 bits per heavy atom. The number of halogens is 2. The van der Waals surface area contributed by atoms with E-state index < -0.39 is 0 Å². The third-order valence-electron chi connectivity index (χ3n) is 1.51. The van der Waals surface area contributed by atoms with Gasteiger partial charge < -0.3 is 21.8 Å². The largest absolute Gasteiger partial charge is 0.369 e. The van der Waals surface area contributed by atoms with Crippen LogP contribution < -0.4 is 16.9 Å². The lowest BCUT2D eigenvalue weighted by Crippen LogP contribution is -2.37. The summed E-state index contributed by atoms with van der Waals surface area (Å²) in [4.78, 5) is 2.14. The number of hydrogen-bond acceptors (Lipinski definition) is 3. The molecule has 0 fully saturated rings. The Morgan fingerprint density at radius 3 is 2.07 bits per heavy atom. The Hall–Kier alpha value is -0.0100. The maximum absolute atomic E-state index is 5.18. The topological polar surface area (TPSA) is 79.7 Å². The second-order valence-corrected chi connectivity index (χ2v) is 4.27. The quantitative estimate of drug-likeness (QED) is 0.384. The molecule has 0 amide bonds. The molecule has 0 heterocycles. The first-order valence-corrected chi connectivity index (χ1v) is 4.30. The Morgan fingerprint density at radius 2 is 1.73 bits per heavy atom. The molecule has 94 valence electrons. The van der Waals surface area contributed by atoms with Crippen LogP contribution in [0.15, 0.2) is 5.10 Å². The number of nitrogens with zero attached hydrogens (tertiary/aromatic N) is 2. The summed E-state index contributed by atoms with van der Waals surface area (Å²) in [5, 5.41) is 3.72. The van der Waals surface area contributed by atoms with Crippen LogP contribution in [0.2, 0.25) is 0 Å². The number of guanidine groups is 1. The molecule has 5 N–H and O–H groups in total. The van der Waals surface area contributed by atoms with Crippen molar-refractivity contribution in [2.75, 3.05) is 27.2 Å². The van der Waals surface area contributed by atoms with Crippen LogP contribution in [-0.4, -0.2) is 38.0 Å². The first-order chi connectivity index (χ1) is 5.83. The van der Waals surface area contributed by atoms with Crippen LogP contribution in [0.1, 0.15) is 13.8 Å². The van der Waals surface area contributed by atoms with Crippen molar-refractivity contribution in [2.45, 2.75) is 13.8 Å².